The summed E-state index contributed by atoms with van der Waals surface area (Å²) in [4.78, 5) is 12.2. The molecule has 1 atom stereocenters. The highest BCUT2D eigenvalue weighted by atomic mass is 28.4. The zero-order valence-corrected chi connectivity index (χ0v) is 16.0. The third-order valence-electron chi connectivity index (χ3n) is 2.82. The van der Waals surface area contributed by atoms with Crippen LogP contribution in [-0.4, -0.2) is 28.2 Å². The summed E-state index contributed by atoms with van der Waals surface area (Å²) in [5.41, 5.74) is -0.511. The number of hydrogen-bond acceptors (Lipinski definition) is 4. The van der Waals surface area contributed by atoms with Gasteiger partial charge >= 0.3 is 5.97 Å². The Hall–Kier alpha value is -0.596. The average Bonchev–Trinajstić information content (AvgIpc) is 2.09. The highest BCUT2D eigenvalue weighted by molar-refractivity contribution is 6.70. The van der Waals surface area contributed by atoms with Gasteiger partial charge in [-0.3, -0.25) is 4.79 Å². The van der Waals surface area contributed by atoms with Crippen LogP contribution in [0.4, 0.5) is 0 Å². The zero-order valence-electron chi connectivity index (χ0n) is 14.0. The van der Waals surface area contributed by atoms with Crippen molar-refractivity contribution in [2.24, 2.45) is 5.92 Å². The monoisotopic (exact) mass is 316 g/mol. The largest absolute Gasteiger partial charge is 0.520 e. The molecule has 20 heavy (non-hydrogen) atoms. The van der Waals surface area contributed by atoms with Gasteiger partial charge in [0.25, 0.3) is 5.95 Å². The Kier molecular flexibility index (Phi) is 4.93. The van der Waals surface area contributed by atoms with Gasteiger partial charge in [0.2, 0.25) is 8.32 Å². The molecular formula is C14H28O4Si2. The second kappa shape index (κ2) is 5.65. The Morgan fingerprint density at radius 3 is 2.10 bits per heavy atom. The fraction of sp³-hybridized carbons (Fsp3) is 0.786. The fourth-order valence-corrected chi connectivity index (χ4v) is 4.76. The molecule has 0 aromatic carbocycles. The van der Waals surface area contributed by atoms with Gasteiger partial charge in [0.05, 0.1) is 11.5 Å². The number of rotatable bonds is 5. The van der Waals surface area contributed by atoms with Crippen molar-refractivity contribution in [1.29, 1.82) is 0 Å². The minimum absolute atomic E-state index is 0.246. The van der Waals surface area contributed by atoms with Gasteiger partial charge < -0.3 is 13.6 Å². The van der Waals surface area contributed by atoms with E-state index >= 15 is 0 Å². The first kappa shape index (κ1) is 17.5. The molecule has 1 aliphatic heterocycles. The molecule has 0 amide bonds. The predicted octanol–water partition coefficient (Wildman–Crippen LogP) is 3.87. The fourth-order valence-electron chi connectivity index (χ4n) is 2.31. The molecule has 0 aliphatic carbocycles. The number of cyclic esters (lactones) is 1. The van der Waals surface area contributed by atoms with Crippen LogP contribution in [-0.2, 0) is 18.4 Å². The molecule has 0 aromatic rings. The van der Waals surface area contributed by atoms with Crippen LogP contribution >= 0.6 is 0 Å². The van der Waals surface area contributed by atoms with Gasteiger partial charge in [0.1, 0.15) is 0 Å². The second-order valence-electron chi connectivity index (χ2n) is 7.76. The maximum absolute atomic E-state index is 12.2. The van der Waals surface area contributed by atoms with E-state index in [1.54, 1.807) is 0 Å². The summed E-state index contributed by atoms with van der Waals surface area (Å²) in [6.45, 7) is 16.5. The molecule has 0 N–H and O–H groups in total. The van der Waals surface area contributed by atoms with Crippen LogP contribution in [0.1, 0.15) is 20.3 Å². The number of carbonyl (C=O) groups excluding carboxylic acids is 1. The van der Waals surface area contributed by atoms with Crippen molar-refractivity contribution in [3.63, 3.8) is 0 Å². The maximum atomic E-state index is 12.2. The van der Waals surface area contributed by atoms with Gasteiger partial charge in [-0.15, -0.1) is 0 Å². The minimum atomic E-state index is -1.75. The first-order chi connectivity index (χ1) is 8.80. The van der Waals surface area contributed by atoms with Crippen molar-refractivity contribution in [2.45, 2.75) is 65.2 Å². The quantitative estimate of drug-likeness (QED) is 0.570. The van der Waals surface area contributed by atoms with E-state index in [4.69, 9.17) is 13.6 Å². The number of hydrogen-bond donors (Lipinski definition) is 0. The van der Waals surface area contributed by atoms with E-state index in [0.717, 1.165) is 0 Å². The SMILES string of the molecule is CC(C)(O[Si](C)(C)C)C1CC=C(O[Si](C)(C)C)OC1=O. The summed E-state index contributed by atoms with van der Waals surface area (Å²) in [6.07, 6.45) is 2.48. The minimum Gasteiger partial charge on any atom is -0.520 e. The van der Waals surface area contributed by atoms with Gasteiger partial charge in [-0.05, 0) is 65.6 Å². The van der Waals surface area contributed by atoms with Crippen LogP contribution in [0.25, 0.3) is 0 Å². The lowest BCUT2D eigenvalue weighted by molar-refractivity contribution is -0.157. The number of carbonyl (C=O) groups is 1. The van der Waals surface area contributed by atoms with Crippen LogP contribution in [0, 0.1) is 5.92 Å². The molecule has 6 heteroatoms. The van der Waals surface area contributed by atoms with Crippen molar-refractivity contribution >= 4 is 22.6 Å². The highest BCUT2D eigenvalue weighted by Crippen LogP contribution is 2.33. The molecule has 0 bridgehead atoms. The van der Waals surface area contributed by atoms with Crippen LogP contribution in [0.15, 0.2) is 12.0 Å². The third kappa shape index (κ3) is 5.42. The Balaban J connectivity index is 2.79. The Labute approximate surface area is 124 Å². The molecular weight excluding hydrogens is 288 g/mol. The summed E-state index contributed by atoms with van der Waals surface area (Å²) in [5, 5.41) is 0. The number of ether oxygens (including phenoxy) is 1. The lowest BCUT2D eigenvalue weighted by Gasteiger charge is -2.39. The molecule has 1 aliphatic rings. The molecule has 1 rings (SSSR count). The van der Waals surface area contributed by atoms with E-state index in [-0.39, 0.29) is 11.9 Å². The van der Waals surface area contributed by atoms with Gasteiger partial charge in [-0.1, -0.05) is 0 Å². The van der Waals surface area contributed by atoms with Crippen LogP contribution in [0.3, 0.4) is 0 Å². The average molecular weight is 317 g/mol. The first-order valence-corrected chi connectivity index (χ1v) is 13.9. The lowest BCUT2D eigenvalue weighted by Crippen LogP contribution is -2.48. The molecule has 0 aromatic heterocycles. The van der Waals surface area contributed by atoms with E-state index in [2.05, 4.69) is 39.3 Å². The molecule has 0 saturated carbocycles. The normalized spacial score (nSPS) is 21.3. The number of allylic oxidation sites excluding steroid dienone is 1. The molecule has 0 radical (unpaired) electrons. The molecule has 1 heterocycles. The van der Waals surface area contributed by atoms with E-state index in [1.165, 1.54) is 0 Å². The van der Waals surface area contributed by atoms with E-state index < -0.39 is 22.2 Å². The second-order valence-corrected chi connectivity index (χ2v) is 16.6. The van der Waals surface area contributed by atoms with Crippen molar-refractivity contribution in [1.82, 2.24) is 0 Å². The topological polar surface area (TPSA) is 44.8 Å². The molecule has 116 valence electrons. The van der Waals surface area contributed by atoms with Crippen LogP contribution < -0.4 is 0 Å². The van der Waals surface area contributed by atoms with Crippen molar-refractivity contribution < 1.29 is 18.4 Å². The van der Waals surface area contributed by atoms with E-state index in [1.807, 2.05) is 19.9 Å². The zero-order chi connectivity index (χ0) is 15.8. The predicted molar refractivity (Wildman–Crippen MR) is 85.2 cm³/mol. The van der Waals surface area contributed by atoms with Gasteiger partial charge in [0, 0.05) is 0 Å². The highest BCUT2D eigenvalue weighted by Gasteiger charge is 2.42. The summed E-state index contributed by atoms with van der Waals surface area (Å²) < 4.78 is 17.2. The number of esters is 1. The van der Waals surface area contributed by atoms with Crippen molar-refractivity contribution in [2.75, 3.05) is 0 Å². The third-order valence-corrected chi connectivity index (χ3v) is 4.77. The molecule has 4 nitrogen and oxygen atoms in total. The smallest absolute Gasteiger partial charge is 0.319 e. The van der Waals surface area contributed by atoms with Crippen LogP contribution in [0.2, 0.25) is 39.3 Å². The summed E-state index contributed by atoms with van der Waals surface area (Å²) in [7, 11) is -3.46. The molecule has 0 fully saturated rings. The summed E-state index contributed by atoms with van der Waals surface area (Å²) >= 11 is 0. The van der Waals surface area contributed by atoms with E-state index in [0.29, 0.717) is 12.4 Å². The summed E-state index contributed by atoms with van der Waals surface area (Å²) in [5.74, 6) is -0.151. The Morgan fingerprint density at radius 2 is 1.70 bits per heavy atom. The summed E-state index contributed by atoms with van der Waals surface area (Å²) in [6, 6.07) is 0. The molecule has 0 saturated heterocycles. The van der Waals surface area contributed by atoms with Gasteiger partial charge in [0.15, 0.2) is 8.32 Å². The van der Waals surface area contributed by atoms with E-state index in [9.17, 15) is 4.79 Å². The van der Waals surface area contributed by atoms with Crippen LogP contribution in [0.5, 0.6) is 0 Å². The van der Waals surface area contributed by atoms with Crippen molar-refractivity contribution in [3.8, 4) is 0 Å². The lowest BCUT2D eigenvalue weighted by atomic mass is 9.87. The Morgan fingerprint density at radius 1 is 1.15 bits per heavy atom. The standard InChI is InChI=1S/C14H28O4Si2/c1-14(2,18-20(6,7)8)11-9-10-12(16-13(11)15)17-19(3,4)5/h10-11H,9H2,1-8H3. The maximum Gasteiger partial charge on any atom is 0.319 e. The first-order valence-electron chi connectivity index (χ1n) is 7.11. The molecule has 1 unspecified atom stereocenters. The molecule has 0 spiro atoms. The van der Waals surface area contributed by atoms with Crippen molar-refractivity contribution in [3.05, 3.63) is 12.0 Å². The van der Waals surface area contributed by atoms with Gasteiger partial charge in [-0.25, -0.2) is 0 Å². The Bertz CT molecular complexity index is 402. The van der Waals surface area contributed by atoms with Gasteiger partial charge in [-0.2, -0.15) is 0 Å².